The highest BCUT2D eigenvalue weighted by molar-refractivity contribution is 7.13. The minimum atomic E-state index is -4.33. The highest BCUT2D eigenvalue weighted by Crippen LogP contribution is 2.36. The lowest BCUT2D eigenvalue weighted by molar-refractivity contribution is -0.110. The van der Waals surface area contributed by atoms with Gasteiger partial charge in [0.25, 0.3) is 0 Å². The Hall–Kier alpha value is -1.27. The van der Waals surface area contributed by atoms with E-state index in [2.05, 4.69) is 12.0 Å². The first-order valence-corrected chi connectivity index (χ1v) is 6.15. The van der Waals surface area contributed by atoms with Crippen LogP contribution in [0.25, 0.3) is 5.57 Å². The van der Waals surface area contributed by atoms with Crippen LogP contribution in [-0.2, 0) is 0 Å². The summed E-state index contributed by atoms with van der Waals surface area (Å²) in [7, 11) is 1.37. The Balaban J connectivity index is 2.25. The van der Waals surface area contributed by atoms with E-state index in [1.807, 2.05) is 19.1 Å². The molecule has 1 atom stereocenters. The molecule has 0 fully saturated rings. The minimum Gasteiger partial charge on any atom is -0.307 e. The van der Waals surface area contributed by atoms with Gasteiger partial charge in [0.1, 0.15) is 5.70 Å². The Morgan fingerprint density at radius 1 is 1.44 bits per heavy atom. The number of hydrogen-bond acceptors (Lipinski definition) is 3. The lowest BCUT2D eigenvalue weighted by Gasteiger charge is -2.19. The van der Waals surface area contributed by atoms with Gasteiger partial charge in [-0.1, -0.05) is 6.58 Å². The first-order valence-electron chi connectivity index (χ1n) is 5.33. The monoisotopic (exact) mass is 274 g/mol. The van der Waals surface area contributed by atoms with Crippen molar-refractivity contribution in [2.75, 3.05) is 7.05 Å². The highest BCUT2D eigenvalue weighted by atomic mass is 32.1. The van der Waals surface area contributed by atoms with Gasteiger partial charge in [0.2, 0.25) is 0 Å². The van der Waals surface area contributed by atoms with Crippen LogP contribution in [0.1, 0.15) is 22.7 Å². The summed E-state index contributed by atoms with van der Waals surface area (Å²) in [5, 5.41) is 1.02. The molecule has 0 saturated heterocycles. The van der Waals surface area contributed by atoms with Crippen LogP contribution in [-0.4, -0.2) is 18.2 Å². The zero-order valence-electron chi connectivity index (χ0n) is 10.0. The Bertz CT molecular complexity index is 502. The standard InChI is InChI=1S/C12H13F3N2S/c1-7(2)9-4-5-10(18-9)8-6-11(12(13,14)15)17(3)16-8/h4-6,8,16H,1H2,2-3H3. The zero-order valence-corrected chi connectivity index (χ0v) is 10.8. The number of nitrogens with zero attached hydrogens (tertiary/aromatic N) is 1. The van der Waals surface area contributed by atoms with Crippen LogP contribution in [0.2, 0.25) is 0 Å². The predicted molar refractivity (Wildman–Crippen MR) is 66.8 cm³/mol. The highest BCUT2D eigenvalue weighted by Gasteiger charge is 2.41. The van der Waals surface area contributed by atoms with Gasteiger partial charge in [-0.2, -0.15) is 13.2 Å². The molecule has 0 radical (unpaired) electrons. The van der Waals surface area contributed by atoms with Gasteiger partial charge in [-0.05, 0) is 30.7 Å². The molecule has 0 saturated carbocycles. The van der Waals surface area contributed by atoms with Crippen molar-refractivity contribution in [3.63, 3.8) is 0 Å². The summed E-state index contributed by atoms with van der Waals surface area (Å²) in [5.41, 5.74) is 3.04. The average molecular weight is 274 g/mol. The average Bonchev–Trinajstić information content (AvgIpc) is 2.81. The Kier molecular flexibility index (Phi) is 3.25. The fourth-order valence-corrected chi connectivity index (χ4v) is 2.71. The smallest absolute Gasteiger partial charge is 0.307 e. The number of halogens is 3. The van der Waals surface area contributed by atoms with Crippen LogP contribution in [0.15, 0.2) is 30.5 Å². The van der Waals surface area contributed by atoms with Gasteiger partial charge in [0, 0.05) is 16.8 Å². The summed E-state index contributed by atoms with van der Waals surface area (Å²) in [6, 6.07) is 3.28. The van der Waals surface area contributed by atoms with E-state index in [0.717, 1.165) is 20.3 Å². The normalized spacial score (nSPS) is 20.2. The molecule has 98 valence electrons. The van der Waals surface area contributed by atoms with E-state index in [1.54, 1.807) is 0 Å². The Morgan fingerprint density at radius 2 is 2.11 bits per heavy atom. The largest absolute Gasteiger partial charge is 0.432 e. The second-order valence-electron chi connectivity index (χ2n) is 4.20. The predicted octanol–water partition coefficient (Wildman–Crippen LogP) is 3.72. The third kappa shape index (κ3) is 2.44. The topological polar surface area (TPSA) is 15.3 Å². The van der Waals surface area contributed by atoms with Crippen molar-refractivity contribution in [3.05, 3.63) is 40.2 Å². The summed E-state index contributed by atoms with van der Waals surface area (Å²) >= 11 is 1.45. The van der Waals surface area contributed by atoms with Crippen LogP contribution < -0.4 is 5.43 Å². The summed E-state index contributed by atoms with van der Waals surface area (Å²) in [6.45, 7) is 5.69. The molecule has 1 aliphatic rings. The van der Waals surface area contributed by atoms with Crippen molar-refractivity contribution in [3.8, 4) is 0 Å². The van der Waals surface area contributed by atoms with Gasteiger partial charge in [-0.15, -0.1) is 11.3 Å². The lowest BCUT2D eigenvalue weighted by atomic mass is 10.2. The molecule has 0 aliphatic carbocycles. The number of nitrogens with one attached hydrogen (secondary N) is 1. The number of allylic oxidation sites excluding steroid dienone is 2. The third-order valence-corrected chi connectivity index (χ3v) is 3.99. The molecule has 18 heavy (non-hydrogen) atoms. The van der Waals surface area contributed by atoms with Crippen molar-refractivity contribution >= 4 is 16.9 Å². The molecule has 1 aromatic heterocycles. The Labute approximate surface area is 107 Å². The van der Waals surface area contributed by atoms with Crippen LogP contribution >= 0.6 is 11.3 Å². The molecule has 1 aliphatic heterocycles. The van der Waals surface area contributed by atoms with Crippen molar-refractivity contribution in [2.45, 2.75) is 19.1 Å². The molecular formula is C12H13F3N2S. The maximum atomic E-state index is 12.7. The molecule has 2 heterocycles. The van der Waals surface area contributed by atoms with Crippen molar-refractivity contribution < 1.29 is 13.2 Å². The fourth-order valence-electron chi connectivity index (χ4n) is 1.76. The summed E-state index contributed by atoms with van der Waals surface area (Å²) < 4.78 is 38.0. The summed E-state index contributed by atoms with van der Waals surface area (Å²) in [5.74, 6) is 0. The van der Waals surface area contributed by atoms with E-state index in [1.165, 1.54) is 24.5 Å². The first kappa shape index (κ1) is 13.2. The molecule has 0 aromatic carbocycles. The fraction of sp³-hybridized carbons (Fsp3) is 0.333. The van der Waals surface area contributed by atoms with Crippen molar-refractivity contribution in [1.29, 1.82) is 0 Å². The van der Waals surface area contributed by atoms with Gasteiger partial charge in [0.05, 0.1) is 6.04 Å². The van der Waals surface area contributed by atoms with Crippen LogP contribution in [0, 0.1) is 0 Å². The molecular weight excluding hydrogens is 261 g/mol. The maximum absolute atomic E-state index is 12.7. The molecule has 2 rings (SSSR count). The summed E-state index contributed by atoms with van der Waals surface area (Å²) in [6.07, 6.45) is -3.13. The van der Waals surface area contributed by atoms with Crippen molar-refractivity contribution in [2.24, 2.45) is 0 Å². The Morgan fingerprint density at radius 3 is 2.56 bits per heavy atom. The molecule has 1 N–H and O–H groups in total. The number of hydrogen-bond donors (Lipinski definition) is 1. The van der Waals surface area contributed by atoms with E-state index in [-0.39, 0.29) is 0 Å². The van der Waals surface area contributed by atoms with Gasteiger partial charge in [-0.3, -0.25) is 0 Å². The number of alkyl halides is 3. The van der Waals surface area contributed by atoms with Gasteiger partial charge < -0.3 is 5.01 Å². The van der Waals surface area contributed by atoms with E-state index in [4.69, 9.17) is 0 Å². The van der Waals surface area contributed by atoms with Crippen LogP contribution in [0.4, 0.5) is 13.2 Å². The molecule has 2 nitrogen and oxygen atoms in total. The first-order chi connectivity index (χ1) is 8.29. The number of hydrazine groups is 1. The molecule has 0 amide bonds. The SMILES string of the molecule is C=C(C)c1ccc(C2C=C(C(F)(F)F)N(C)N2)s1. The van der Waals surface area contributed by atoms with Crippen LogP contribution in [0.5, 0.6) is 0 Å². The van der Waals surface area contributed by atoms with Crippen molar-refractivity contribution in [1.82, 2.24) is 10.4 Å². The van der Waals surface area contributed by atoms with E-state index in [9.17, 15) is 13.2 Å². The second kappa shape index (κ2) is 4.44. The lowest BCUT2D eigenvalue weighted by Crippen LogP contribution is -2.34. The molecule has 1 aromatic rings. The third-order valence-electron chi connectivity index (χ3n) is 2.66. The maximum Gasteiger partial charge on any atom is 0.432 e. The molecule has 0 bridgehead atoms. The quantitative estimate of drug-likeness (QED) is 0.884. The second-order valence-corrected chi connectivity index (χ2v) is 5.31. The van der Waals surface area contributed by atoms with Gasteiger partial charge in [-0.25, -0.2) is 5.43 Å². The number of rotatable bonds is 2. The van der Waals surface area contributed by atoms with E-state index >= 15 is 0 Å². The summed E-state index contributed by atoms with van der Waals surface area (Å²) in [4.78, 5) is 1.84. The van der Waals surface area contributed by atoms with E-state index in [0.29, 0.717) is 0 Å². The molecule has 0 spiro atoms. The number of thiophene rings is 1. The minimum absolute atomic E-state index is 0.426. The van der Waals surface area contributed by atoms with E-state index < -0.39 is 17.9 Å². The van der Waals surface area contributed by atoms with Crippen LogP contribution in [0.3, 0.4) is 0 Å². The molecule has 1 unspecified atom stereocenters. The van der Waals surface area contributed by atoms with Gasteiger partial charge >= 0.3 is 6.18 Å². The zero-order chi connectivity index (χ0) is 13.5. The molecule has 6 heteroatoms. The van der Waals surface area contributed by atoms with Gasteiger partial charge in [0.15, 0.2) is 0 Å².